The van der Waals surface area contributed by atoms with Gasteiger partial charge in [0, 0.05) is 31.0 Å². The Balaban J connectivity index is 1.51. The zero-order valence-corrected chi connectivity index (χ0v) is 17.8. The lowest BCUT2D eigenvalue weighted by molar-refractivity contribution is -0.128. The van der Waals surface area contributed by atoms with E-state index in [9.17, 15) is 4.79 Å². The van der Waals surface area contributed by atoms with Crippen molar-refractivity contribution in [2.45, 2.75) is 25.8 Å². The molecule has 8 heteroatoms. The Morgan fingerprint density at radius 1 is 1.13 bits per heavy atom. The fourth-order valence-electron chi connectivity index (χ4n) is 3.74. The Morgan fingerprint density at radius 2 is 1.97 bits per heavy atom. The molecule has 0 N–H and O–H groups in total. The molecule has 4 rings (SSSR count). The van der Waals surface area contributed by atoms with Crippen LogP contribution in [0.2, 0.25) is 0 Å². The van der Waals surface area contributed by atoms with E-state index in [1.165, 1.54) is 0 Å². The number of likely N-dealkylation sites (tertiary alicyclic amines) is 1. The van der Waals surface area contributed by atoms with E-state index >= 15 is 0 Å². The molecule has 1 aliphatic heterocycles. The van der Waals surface area contributed by atoms with Crippen LogP contribution in [-0.2, 0) is 11.3 Å². The van der Waals surface area contributed by atoms with Gasteiger partial charge in [-0.25, -0.2) is 0 Å². The number of para-hydroxylation sites is 1. The number of nitrogens with zero attached hydrogens (tertiary/aromatic N) is 3. The molecule has 0 spiro atoms. The minimum atomic E-state index is -0.138. The summed E-state index contributed by atoms with van der Waals surface area (Å²) < 4.78 is 21.9. The van der Waals surface area contributed by atoms with Gasteiger partial charge in [0.1, 0.15) is 17.2 Å². The van der Waals surface area contributed by atoms with Crippen LogP contribution in [0, 0.1) is 0 Å². The summed E-state index contributed by atoms with van der Waals surface area (Å²) in [5, 5.41) is 4.15. The van der Waals surface area contributed by atoms with E-state index < -0.39 is 0 Å². The third kappa shape index (κ3) is 4.33. The summed E-state index contributed by atoms with van der Waals surface area (Å²) in [5.74, 6) is 2.93. The van der Waals surface area contributed by atoms with Gasteiger partial charge >= 0.3 is 0 Å². The quantitative estimate of drug-likeness (QED) is 0.546. The highest BCUT2D eigenvalue weighted by atomic mass is 16.5. The first-order valence-electron chi connectivity index (χ1n) is 10.2. The molecule has 0 aliphatic carbocycles. The van der Waals surface area contributed by atoms with Gasteiger partial charge in [-0.2, -0.15) is 4.98 Å². The number of aromatic nitrogens is 2. The molecular formula is C23H25N3O5. The Bertz CT molecular complexity index is 1060. The van der Waals surface area contributed by atoms with Gasteiger partial charge in [0.15, 0.2) is 5.82 Å². The average molecular weight is 423 g/mol. The molecule has 1 unspecified atom stereocenters. The van der Waals surface area contributed by atoms with Crippen LogP contribution in [0.15, 0.2) is 47.0 Å². The van der Waals surface area contributed by atoms with E-state index in [2.05, 4.69) is 10.1 Å². The summed E-state index contributed by atoms with van der Waals surface area (Å²) in [6.45, 7) is 3.39. The summed E-state index contributed by atoms with van der Waals surface area (Å²) in [6, 6.07) is 13.1. The largest absolute Gasteiger partial charge is 0.497 e. The monoisotopic (exact) mass is 423 g/mol. The fourth-order valence-corrected chi connectivity index (χ4v) is 3.74. The second-order valence-corrected chi connectivity index (χ2v) is 7.24. The molecule has 0 radical (unpaired) electrons. The van der Waals surface area contributed by atoms with Crippen molar-refractivity contribution in [3.05, 3.63) is 53.9 Å². The molecule has 31 heavy (non-hydrogen) atoms. The van der Waals surface area contributed by atoms with E-state index in [0.29, 0.717) is 49.3 Å². The van der Waals surface area contributed by atoms with Crippen molar-refractivity contribution in [2.24, 2.45) is 0 Å². The summed E-state index contributed by atoms with van der Waals surface area (Å²) in [7, 11) is 3.22. The van der Waals surface area contributed by atoms with E-state index in [-0.39, 0.29) is 11.8 Å². The van der Waals surface area contributed by atoms with Crippen LogP contribution in [0.1, 0.15) is 30.7 Å². The number of hydrogen-bond acceptors (Lipinski definition) is 7. The van der Waals surface area contributed by atoms with Gasteiger partial charge in [-0.1, -0.05) is 17.3 Å². The summed E-state index contributed by atoms with van der Waals surface area (Å²) >= 11 is 0. The van der Waals surface area contributed by atoms with Gasteiger partial charge in [0.2, 0.25) is 5.91 Å². The van der Waals surface area contributed by atoms with E-state index in [0.717, 1.165) is 16.9 Å². The Hall–Kier alpha value is -3.55. The van der Waals surface area contributed by atoms with E-state index in [1.54, 1.807) is 19.1 Å². The van der Waals surface area contributed by atoms with Gasteiger partial charge in [0.05, 0.1) is 26.4 Å². The Kier molecular flexibility index (Phi) is 6.06. The molecule has 1 saturated heterocycles. The molecule has 2 heterocycles. The number of carbonyl (C=O) groups is 1. The first-order valence-corrected chi connectivity index (χ1v) is 10.2. The Labute approximate surface area is 180 Å². The summed E-state index contributed by atoms with van der Waals surface area (Å²) in [5.41, 5.74) is 1.63. The molecule has 1 atom stereocenters. The Morgan fingerprint density at radius 3 is 2.74 bits per heavy atom. The van der Waals surface area contributed by atoms with Crippen molar-refractivity contribution in [1.29, 1.82) is 0 Å². The molecule has 8 nitrogen and oxygen atoms in total. The van der Waals surface area contributed by atoms with Crippen LogP contribution in [0.25, 0.3) is 11.5 Å². The standard InChI is InChI=1S/C23H25N3O5/c1-4-30-20-8-6-5-7-18(20)23-24-22(25-31-23)16-12-21(27)26(14-16)13-15-11-17(28-2)9-10-19(15)29-3/h5-11,16H,4,12-14H2,1-3H3. The predicted octanol–water partition coefficient (Wildman–Crippen LogP) is 3.67. The number of hydrogen-bond donors (Lipinski definition) is 0. The predicted molar refractivity (Wildman–Crippen MR) is 113 cm³/mol. The zero-order valence-electron chi connectivity index (χ0n) is 17.8. The molecule has 1 amide bonds. The SMILES string of the molecule is CCOc1ccccc1-c1nc(C2CC(=O)N(Cc3cc(OC)ccc3OC)C2)no1. The maximum absolute atomic E-state index is 12.7. The zero-order chi connectivity index (χ0) is 21.8. The number of rotatable bonds is 8. The minimum Gasteiger partial charge on any atom is -0.497 e. The van der Waals surface area contributed by atoms with E-state index in [4.69, 9.17) is 18.7 Å². The second kappa shape index (κ2) is 9.07. The van der Waals surface area contributed by atoms with Crippen LogP contribution in [-0.4, -0.2) is 48.3 Å². The highest BCUT2D eigenvalue weighted by Gasteiger charge is 2.34. The lowest BCUT2D eigenvalue weighted by atomic mass is 10.1. The van der Waals surface area contributed by atoms with Crippen molar-refractivity contribution in [3.63, 3.8) is 0 Å². The summed E-state index contributed by atoms with van der Waals surface area (Å²) in [4.78, 5) is 19.0. The molecule has 1 aromatic heterocycles. The van der Waals surface area contributed by atoms with Gasteiger partial charge in [-0.3, -0.25) is 4.79 Å². The minimum absolute atomic E-state index is 0.0379. The normalized spacial score (nSPS) is 15.9. The van der Waals surface area contributed by atoms with E-state index in [1.807, 2.05) is 49.4 Å². The van der Waals surface area contributed by atoms with Crippen molar-refractivity contribution >= 4 is 5.91 Å². The number of ether oxygens (including phenoxy) is 3. The number of benzene rings is 2. The number of methoxy groups -OCH3 is 2. The maximum atomic E-state index is 12.7. The average Bonchev–Trinajstić information content (AvgIpc) is 3.41. The molecule has 162 valence electrons. The van der Waals surface area contributed by atoms with Crippen LogP contribution in [0.4, 0.5) is 0 Å². The highest BCUT2D eigenvalue weighted by molar-refractivity contribution is 5.79. The molecule has 1 fully saturated rings. The lowest BCUT2D eigenvalue weighted by Crippen LogP contribution is -2.24. The van der Waals surface area contributed by atoms with Crippen molar-refractivity contribution in [2.75, 3.05) is 27.4 Å². The van der Waals surface area contributed by atoms with Crippen molar-refractivity contribution in [3.8, 4) is 28.7 Å². The molecular weight excluding hydrogens is 398 g/mol. The second-order valence-electron chi connectivity index (χ2n) is 7.24. The third-order valence-corrected chi connectivity index (χ3v) is 5.29. The van der Waals surface area contributed by atoms with Crippen LogP contribution < -0.4 is 14.2 Å². The van der Waals surface area contributed by atoms with Crippen molar-refractivity contribution in [1.82, 2.24) is 15.0 Å². The number of amides is 1. The summed E-state index contributed by atoms with van der Waals surface area (Å²) in [6.07, 6.45) is 0.332. The van der Waals surface area contributed by atoms with Gasteiger partial charge in [0.25, 0.3) is 5.89 Å². The first kappa shape index (κ1) is 20.7. The van der Waals surface area contributed by atoms with Gasteiger partial charge < -0.3 is 23.6 Å². The lowest BCUT2D eigenvalue weighted by Gasteiger charge is -2.18. The third-order valence-electron chi connectivity index (χ3n) is 5.29. The highest BCUT2D eigenvalue weighted by Crippen LogP contribution is 2.33. The molecule has 0 saturated carbocycles. The van der Waals surface area contributed by atoms with Crippen LogP contribution in [0.3, 0.4) is 0 Å². The molecule has 2 aromatic carbocycles. The fraction of sp³-hybridized carbons (Fsp3) is 0.348. The van der Waals surface area contributed by atoms with Crippen LogP contribution >= 0.6 is 0 Å². The topological polar surface area (TPSA) is 86.9 Å². The molecule has 1 aliphatic rings. The smallest absolute Gasteiger partial charge is 0.261 e. The van der Waals surface area contributed by atoms with Crippen LogP contribution in [0.5, 0.6) is 17.2 Å². The molecule has 3 aromatic rings. The van der Waals surface area contributed by atoms with Gasteiger partial charge in [-0.05, 0) is 37.3 Å². The van der Waals surface area contributed by atoms with Gasteiger partial charge in [-0.15, -0.1) is 0 Å². The maximum Gasteiger partial charge on any atom is 0.261 e. The molecule has 0 bridgehead atoms. The number of carbonyl (C=O) groups excluding carboxylic acids is 1. The first-order chi connectivity index (χ1) is 15.1. The van der Waals surface area contributed by atoms with Crippen molar-refractivity contribution < 1.29 is 23.5 Å².